The second-order valence-electron chi connectivity index (χ2n) is 4.49. The lowest BCUT2D eigenvalue weighted by molar-refractivity contribution is 0.458. The molecule has 88 valence electrons. The van der Waals surface area contributed by atoms with E-state index in [0.29, 0.717) is 0 Å². The summed E-state index contributed by atoms with van der Waals surface area (Å²) >= 11 is 2.08. The van der Waals surface area contributed by atoms with Gasteiger partial charge in [0.15, 0.2) is 5.96 Å². The van der Waals surface area contributed by atoms with Gasteiger partial charge in [-0.25, -0.2) is 0 Å². The molecule has 0 atom stereocenters. The molecule has 1 aliphatic rings. The van der Waals surface area contributed by atoms with Crippen molar-refractivity contribution < 1.29 is 0 Å². The van der Waals surface area contributed by atoms with Crippen LogP contribution in [-0.4, -0.2) is 62.0 Å². The predicted molar refractivity (Wildman–Crippen MR) is 69.7 cm³/mol. The number of hydrogen-bond acceptors (Lipinski definition) is 2. The smallest absolute Gasteiger partial charge is 0.195 e. The summed E-state index contributed by atoms with van der Waals surface area (Å²) in [6, 6.07) is 0. The number of rotatable bonds is 2. The van der Waals surface area contributed by atoms with Gasteiger partial charge in [-0.1, -0.05) is 0 Å². The lowest BCUT2D eigenvalue weighted by Gasteiger charge is -2.25. The average Bonchev–Trinajstić information content (AvgIpc) is 2.18. The Hall–Kier alpha value is -0.380. The van der Waals surface area contributed by atoms with Crippen molar-refractivity contribution in [1.82, 2.24) is 9.80 Å². The Kier molecular flexibility index (Phi) is 5.29. The molecule has 0 saturated carbocycles. The molecule has 0 aromatic carbocycles. The van der Waals surface area contributed by atoms with Crippen LogP contribution in [0.4, 0.5) is 0 Å². The van der Waals surface area contributed by atoms with Crippen LogP contribution in [0.3, 0.4) is 0 Å². The number of hydrogen-bond donors (Lipinski definition) is 0. The van der Waals surface area contributed by atoms with Crippen LogP contribution in [0.2, 0.25) is 0 Å². The number of aliphatic imine (C=N–C) groups is 1. The van der Waals surface area contributed by atoms with E-state index < -0.39 is 0 Å². The zero-order chi connectivity index (χ0) is 11.3. The molecule has 0 aliphatic carbocycles. The van der Waals surface area contributed by atoms with Crippen LogP contribution in [0.1, 0.15) is 12.8 Å². The highest BCUT2D eigenvalue weighted by Crippen LogP contribution is 2.22. The molecule has 0 aromatic heterocycles. The molecule has 0 bridgehead atoms. The highest BCUT2D eigenvalue weighted by molar-refractivity contribution is 7.99. The molecule has 1 aliphatic heterocycles. The van der Waals surface area contributed by atoms with Crippen LogP contribution >= 0.6 is 11.8 Å². The summed E-state index contributed by atoms with van der Waals surface area (Å²) < 4.78 is 0. The van der Waals surface area contributed by atoms with E-state index in [2.05, 4.69) is 49.8 Å². The molecule has 4 heteroatoms. The first-order valence-corrected chi connectivity index (χ1v) is 6.73. The fraction of sp³-hybridized carbons (Fsp3) is 0.909. The van der Waals surface area contributed by atoms with Crippen molar-refractivity contribution in [2.75, 3.05) is 46.2 Å². The summed E-state index contributed by atoms with van der Waals surface area (Å²) in [5.74, 6) is 4.52. The summed E-state index contributed by atoms with van der Waals surface area (Å²) in [6.07, 6.45) is 2.67. The Labute approximate surface area is 97.9 Å². The molecule has 1 fully saturated rings. The quantitative estimate of drug-likeness (QED) is 0.529. The summed E-state index contributed by atoms with van der Waals surface area (Å²) in [5, 5.41) is 0. The Balaban J connectivity index is 2.44. The zero-order valence-electron chi connectivity index (χ0n) is 10.4. The highest BCUT2D eigenvalue weighted by Gasteiger charge is 2.14. The highest BCUT2D eigenvalue weighted by atomic mass is 32.2. The van der Waals surface area contributed by atoms with Crippen molar-refractivity contribution in [3.63, 3.8) is 0 Å². The molecule has 0 spiro atoms. The predicted octanol–water partition coefficient (Wildman–Crippen LogP) is 1.61. The van der Waals surface area contributed by atoms with E-state index in [1.165, 1.54) is 24.3 Å². The van der Waals surface area contributed by atoms with Crippen molar-refractivity contribution >= 4 is 17.7 Å². The van der Waals surface area contributed by atoms with Crippen LogP contribution < -0.4 is 0 Å². The monoisotopic (exact) mass is 229 g/mol. The first-order chi connectivity index (χ1) is 7.11. The van der Waals surface area contributed by atoms with Gasteiger partial charge < -0.3 is 9.80 Å². The number of thioether (sulfide) groups is 1. The first-order valence-electron chi connectivity index (χ1n) is 5.58. The fourth-order valence-corrected chi connectivity index (χ4v) is 3.03. The van der Waals surface area contributed by atoms with Crippen LogP contribution in [0.15, 0.2) is 4.99 Å². The summed E-state index contributed by atoms with van der Waals surface area (Å²) in [5.41, 5.74) is 0. The lowest BCUT2D eigenvalue weighted by atomic mass is 10.0. The van der Waals surface area contributed by atoms with Gasteiger partial charge in [0.1, 0.15) is 0 Å². The Morgan fingerprint density at radius 2 is 1.67 bits per heavy atom. The Bertz CT molecular complexity index is 198. The van der Waals surface area contributed by atoms with Crippen LogP contribution in [0, 0.1) is 5.92 Å². The van der Waals surface area contributed by atoms with E-state index in [9.17, 15) is 0 Å². The van der Waals surface area contributed by atoms with Gasteiger partial charge in [0, 0.05) is 34.7 Å². The number of guanidine groups is 1. The second-order valence-corrected chi connectivity index (χ2v) is 5.71. The minimum Gasteiger partial charge on any atom is -0.349 e. The van der Waals surface area contributed by atoms with Gasteiger partial charge in [0.25, 0.3) is 0 Å². The minimum absolute atomic E-state index is 0.807. The Morgan fingerprint density at radius 1 is 1.13 bits per heavy atom. The summed E-state index contributed by atoms with van der Waals surface area (Å²) in [7, 11) is 8.20. The second kappa shape index (κ2) is 6.26. The SMILES string of the molecule is CN(C)C(=NCC1CCSCC1)N(C)C. The van der Waals surface area contributed by atoms with E-state index in [0.717, 1.165) is 18.4 Å². The minimum atomic E-state index is 0.807. The molecule has 0 amide bonds. The van der Waals surface area contributed by atoms with Gasteiger partial charge in [-0.05, 0) is 30.3 Å². The molecule has 15 heavy (non-hydrogen) atoms. The molecular weight excluding hydrogens is 206 g/mol. The van der Waals surface area contributed by atoms with Crippen molar-refractivity contribution in [1.29, 1.82) is 0 Å². The topological polar surface area (TPSA) is 18.8 Å². The normalized spacial score (nSPS) is 17.3. The number of nitrogens with zero attached hydrogens (tertiary/aromatic N) is 3. The maximum atomic E-state index is 4.71. The standard InChI is InChI=1S/C11H23N3S/c1-13(2)11(14(3)4)12-9-10-5-7-15-8-6-10/h10H,5-9H2,1-4H3. The van der Waals surface area contributed by atoms with Crippen molar-refractivity contribution in [2.24, 2.45) is 10.9 Å². The third-order valence-corrected chi connectivity index (χ3v) is 3.68. The van der Waals surface area contributed by atoms with E-state index in [-0.39, 0.29) is 0 Å². The molecule has 3 nitrogen and oxygen atoms in total. The van der Waals surface area contributed by atoms with E-state index >= 15 is 0 Å². The van der Waals surface area contributed by atoms with Gasteiger partial charge >= 0.3 is 0 Å². The van der Waals surface area contributed by atoms with Crippen LogP contribution in [0.25, 0.3) is 0 Å². The maximum Gasteiger partial charge on any atom is 0.195 e. The van der Waals surface area contributed by atoms with Gasteiger partial charge in [-0.15, -0.1) is 0 Å². The lowest BCUT2D eigenvalue weighted by Crippen LogP contribution is -2.36. The van der Waals surface area contributed by atoms with Gasteiger partial charge in [0.2, 0.25) is 0 Å². The van der Waals surface area contributed by atoms with Crippen molar-refractivity contribution in [3.05, 3.63) is 0 Å². The molecule has 1 heterocycles. The van der Waals surface area contributed by atoms with E-state index in [4.69, 9.17) is 4.99 Å². The maximum absolute atomic E-state index is 4.71. The average molecular weight is 229 g/mol. The molecule has 0 aromatic rings. The summed E-state index contributed by atoms with van der Waals surface area (Å²) in [6.45, 7) is 0.992. The largest absolute Gasteiger partial charge is 0.349 e. The van der Waals surface area contributed by atoms with Crippen molar-refractivity contribution in [2.45, 2.75) is 12.8 Å². The summed E-state index contributed by atoms with van der Waals surface area (Å²) in [4.78, 5) is 8.87. The van der Waals surface area contributed by atoms with Crippen LogP contribution in [-0.2, 0) is 0 Å². The molecule has 0 N–H and O–H groups in total. The third kappa shape index (κ3) is 4.33. The first kappa shape index (κ1) is 12.7. The molecular formula is C11H23N3S. The molecule has 1 rings (SSSR count). The zero-order valence-corrected chi connectivity index (χ0v) is 11.2. The van der Waals surface area contributed by atoms with E-state index in [1.54, 1.807) is 0 Å². The van der Waals surface area contributed by atoms with E-state index in [1.807, 2.05) is 0 Å². The molecule has 1 saturated heterocycles. The Morgan fingerprint density at radius 3 is 2.13 bits per heavy atom. The van der Waals surface area contributed by atoms with Gasteiger partial charge in [-0.2, -0.15) is 11.8 Å². The fourth-order valence-electron chi connectivity index (χ4n) is 1.82. The molecule has 0 radical (unpaired) electrons. The molecule has 0 unspecified atom stereocenters. The van der Waals surface area contributed by atoms with Gasteiger partial charge in [-0.3, -0.25) is 4.99 Å². The van der Waals surface area contributed by atoms with Crippen LogP contribution in [0.5, 0.6) is 0 Å². The third-order valence-electron chi connectivity index (χ3n) is 2.63. The van der Waals surface area contributed by atoms with Crippen molar-refractivity contribution in [3.8, 4) is 0 Å². The van der Waals surface area contributed by atoms with Gasteiger partial charge in [0.05, 0.1) is 0 Å².